The van der Waals surface area contributed by atoms with Gasteiger partial charge in [-0.15, -0.1) is 0 Å². The van der Waals surface area contributed by atoms with E-state index in [-0.39, 0.29) is 0 Å². The first-order valence-corrected chi connectivity index (χ1v) is 7.12. The Morgan fingerprint density at radius 1 is 1.47 bits per heavy atom. The van der Waals surface area contributed by atoms with Gasteiger partial charge in [0.15, 0.2) is 0 Å². The van der Waals surface area contributed by atoms with Gasteiger partial charge in [0.25, 0.3) is 0 Å². The molecule has 0 aromatic carbocycles. The Bertz CT molecular complexity index is 377. The maximum atomic E-state index is 5.08. The van der Waals surface area contributed by atoms with Crippen LogP contribution >= 0.6 is 0 Å². The molecule has 1 fully saturated rings. The summed E-state index contributed by atoms with van der Waals surface area (Å²) in [6.07, 6.45) is 3.21. The second-order valence-electron chi connectivity index (χ2n) is 5.66. The normalized spacial score (nSPS) is 20.1. The molecule has 1 atom stereocenters. The third-order valence-electron chi connectivity index (χ3n) is 3.60. The van der Waals surface area contributed by atoms with Crippen molar-refractivity contribution in [2.24, 2.45) is 5.92 Å². The molecule has 0 bridgehead atoms. The lowest BCUT2D eigenvalue weighted by atomic mass is 10.1. The Kier molecular flexibility index (Phi) is 5.16. The number of rotatable bonds is 6. The molecule has 0 amide bonds. The first-order chi connectivity index (χ1) is 9.17. The van der Waals surface area contributed by atoms with E-state index in [1.165, 1.54) is 25.1 Å². The summed E-state index contributed by atoms with van der Waals surface area (Å²) in [5, 5.41) is 3.53. The lowest BCUT2D eigenvalue weighted by Gasteiger charge is -2.17. The fraction of sp³-hybridized carbons (Fsp3) is 0.667. The van der Waals surface area contributed by atoms with Crippen molar-refractivity contribution < 1.29 is 4.74 Å². The molecule has 1 aromatic rings. The predicted molar refractivity (Wildman–Crippen MR) is 77.3 cm³/mol. The minimum Gasteiger partial charge on any atom is -0.481 e. The van der Waals surface area contributed by atoms with Crippen molar-refractivity contribution in [2.75, 3.05) is 26.7 Å². The molecule has 2 heterocycles. The van der Waals surface area contributed by atoms with E-state index in [0.717, 1.165) is 19.0 Å². The van der Waals surface area contributed by atoms with Crippen molar-refractivity contribution >= 4 is 0 Å². The molecule has 2 rings (SSSR count). The van der Waals surface area contributed by atoms with Crippen LogP contribution in [0.2, 0.25) is 0 Å². The number of nitrogens with zero attached hydrogens (tertiary/aromatic N) is 2. The Morgan fingerprint density at radius 3 is 2.95 bits per heavy atom. The monoisotopic (exact) mass is 263 g/mol. The molecule has 1 aliphatic heterocycles. The van der Waals surface area contributed by atoms with Gasteiger partial charge < -0.3 is 10.1 Å². The minimum atomic E-state index is 0.583. The summed E-state index contributed by atoms with van der Waals surface area (Å²) in [7, 11) is 1.65. The predicted octanol–water partition coefficient (Wildman–Crippen LogP) is 1.91. The molecular formula is C15H25N3O. The van der Waals surface area contributed by atoms with Gasteiger partial charge in [-0.1, -0.05) is 19.9 Å². The standard InChI is InChI=1S/C15H25N3O/c1-12(2)16-8-14-6-7-18(11-14)10-13-4-5-15(19-3)17-9-13/h4-5,9,12,14,16H,6-8,10-11H2,1-3H3. The number of hydrogen-bond acceptors (Lipinski definition) is 4. The average Bonchev–Trinajstić information content (AvgIpc) is 2.85. The highest BCUT2D eigenvalue weighted by atomic mass is 16.5. The molecule has 106 valence electrons. The molecule has 4 heteroatoms. The lowest BCUT2D eigenvalue weighted by molar-refractivity contribution is 0.312. The first-order valence-electron chi connectivity index (χ1n) is 7.12. The quantitative estimate of drug-likeness (QED) is 0.851. The molecule has 4 nitrogen and oxygen atoms in total. The van der Waals surface area contributed by atoms with Crippen LogP contribution in [0.25, 0.3) is 0 Å². The highest BCUT2D eigenvalue weighted by Gasteiger charge is 2.22. The van der Waals surface area contributed by atoms with E-state index < -0.39 is 0 Å². The van der Waals surface area contributed by atoms with E-state index in [9.17, 15) is 0 Å². The van der Waals surface area contributed by atoms with E-state index in [2.05, 4.69) is 35.1 Å². The summed E-state index contributed by atoms with van der Waals surface area (Å²) in [5.74, 6) is 1.47. The van der Waals surface area contributed by atoms with Gasteiger partial charge in [-0.25, -0.2) is 4.98 Å². The smallest absolute Gasteiger partial charge is 0.212 e. The number of hydrogen-bond donors (Lipinski definition) is 1. The van der Waals surface area contributed by atoms with Gasteiger partial charge in [-0.05, 0) is 31.0 Å². The average molecular weight is 263 g/mol. The number of pyridine rings is 1. The highest BCUT2D eigenvalue weighted by Crippen LogP contribution is 2.18. The SMILES string of the molecule is COc1ccc(CN2CCC(CNC(C)C)C2)cn1. The van der Waals surface area contributed by atoms with Crippen molar-refractivity contribution in [3.63, 3.8) is 0 Å². The summed E-state index contributed by atoms with van der Waals surface area (Å²) >= 11 is 0. The van der Waals surface area contributed by atoms with Crippen LogP contribution in [0, 0.1) is 5.92 Å². The first kappa shape index (κ1) is 14.3. The maximum Gasteiger partial charge on any atom is 0.212 e. The summed E-state index contributed by atoms with van der Waals surface area (Å²) in [6, 6.07) is 4.62. The molecule has 1 aliphatic rings. The van der Waals surface area contributed by atoms with Crippen LogP contribution in [0.5, 0.6) is 5.88 Å². The van der Waals surface area contributed by atoms with Crippen LogP contribution in [0.3, 0.4) is 0 Å². The molecule has 0 spiro atoms. The number of aromatic nitrogens is 1. The van der Waals surface area contributed by atoms with Crippen molar-refractivity contribution in [3.05, 3.63) is 23.9 Å². The lowest BCUT2D eigenvalue weighted by Crippen LogP contribution is -2.30. The second-order valence-corrected chi connectivity index (χ2v) is 5.66. The molecule has 1 unspecified atom stereocenters. The molecule has 1 N–H and O–H groups in total. The van der Waals surface area contributed by atoms with Gasteiger partial charge in [0.1, 0.15) is 0 Å². The van der Waals surface area contributed by atoms with Gasteiger partial charge in [0.05, 0.1) is 7.11 Å². The largest absolute Gasteiger partial charge is 0.481 e. The zero-order valence-electron chi connectivity index (χ0n) is 12.2. The molecule has 1 saturated heterocycles. The number of ether oxygens (including phenoxy) is 1. The van der Waals surface area contributed by atoms with Crippen LogP contribution in [0.15, 0.2) is 18.3 Å². The van der Waals surface area contributed by atoms with E-state index in [1.54, 1.807) is 7.11 Å². The third kappa shape index (κ3) is 4.48. The van der Waals surface area contributed by atoms with Crippen molar-refractivity contribution in [3.8, 4) is 5.88 Å². The van der Waals surface area contributed by atoms with Crippen LogP contribution in [0.1, 0.15) is 25.8 Å². The summed E-state index contributed by atoms with van der Waals surface area (Å²) < 4.78 is 5.08. The minimum absolute atomic E-state index is 0.583. The summed E-state index contributed by atoms with van der Waals surface area (Å²) in [6.45, 7) is 8.91. The van der Waals surface area contributed by atoms with Gasteiger partial charge in [-0.3, -0.25) is 4.90 Å². The number of likely N-dealkylation sites (tertiary alicyclic amines) is 1. The second kappa shape index (κ2) is 6.87. The van der Waals surface area contributed by atoms with Crippen LogP contribution in [-0.4, -0.2) is 42.7 Å². The van der Waals surface area contributed by atoms with Crippen LogP contribution < -0.4 is 10.1 Å². The van der Waals surface area contributed by atoms with E-state index in [4.69, 9.17) is 4.74 Å². The molecule has 0 aliphatic carbocycles. The Hall–Kier alpha value is -1.13. The zero-order chi connectivity index (χ0) is 13.7. The van der Waals surface area contributed by atoms with E-state index in [0.29, 0.717) is 11.9 Å². The van der Waals surface area contributed by atoms with Gasteiger partial charge in [0.2, 0.25) is 5.88 Å². The zero-order valence-corrected chi connectivity index (χ0v) is 12.2. The fourth-order valence-corrected chi connectivity index (χ4v) is 2.51. The summed E-state index contributed by atoms with van der Waals surface area (Å²) in [4.78, 5) is 6.77. The third-order valence-corrected chi connectivity index (χ3v) is 3.60. The Morgan fingerprint density at radius 2 is 2.32 bits per heavy atom. The van der Waals surface area contributed by atoms with Crippen molar-refractivity contribution in [1.82, 2.24) is 15.2 Å². The topological polar surface area (TPSA) is 37.4 Å². The molecule has 19 heavy (non-hydrogen) atoms. The number of methoxy groups -OCH3 is 1. The Labute approximate surface area is 116 Å². The van der Waals surface area contributed by atoms with Gasteiger partial charge >= 0.3 is 0 Å². The van der Waals surface area contributed by atoms with E-state index >= 15 is 0 Å². The molecule has 1 aromatic heterocycles. The Balaban J connectivity index is 1.77. The number of nitrogens with one attached hydrogen (secondary N) is 1. The van der Waals surface area contributed by atoms with Crippen LogP contribution in [0.4, 0.5) is 0 Å². The van der Waals surface area contributed by atoms with E-state index in [1.807, 2.05) is 12.3 Å². The molecule has 0 radical (unpaired) electrons. The van der Waals surface area contributed by atoms with Crippen LogP contribution in [-0.2, 0) is 6.54 Å². The van der Waals surface area contributed by atoms with Crippen molar-refractivity contribution in [2.45, 2.75) is 32.9 Å². The van der Waals surface area contributed by atoms with Gasteiger partial charge in [-0.2, -0.15) is 0 Å². The molecule has 0 saturated carbocycles. The van der Waals surface area contributed by atoms with Crippen molar-refractivity contribution in [1.29, 1.82) is 0 Å². The summed E-state index contributed by atoms with van der Waals surface area (Å²) in [5.41, 5.74) is 1.26. The van der Waals surface area contributed by atoms with Gasteiger partial charge in [0, 0.05) is 31.4 Å². The highest BCUT2D eigenvalue weighted by molar-refractivity contribution is 5.17. The fourth-order valence-electron chi connectivity index (χ4n) is 2.51. The molecular weight excluding hydrogens is 238 g/mol. The maximum absolute atomic E-state index is 5.08.